The van der Waals surface area contributed by atoms with Crippen molar-refractivity contribution < 1.29 is 0 Å². The molecule has 2 nitrogen and oxygen atoms in total. The molecule has 0 aliphatic heterocycles. The molecular weight excluding hydrogens is 508 g/mol. The molecule has 0 aliphatic rings. The maximum atomic E-state index is 4.77. The molecule has 0 radical (unpaired) electrons. The molecular formula is C40H24N2. The van der Waals surface area contributed by atoms with E-state index in [-0.39, 0.29) is 0 Å². The molecule has 0 spiro atoms. The molecule has 8 aromatic carbocycles. The molecule has 0 saturated heterocycles. The van der Waals surface area contributed by atoms with Gasteiger partial charge in [0.2, 0.25) is 0 Å². The third-order valence-corrected chi connectivity index (χ3v) is 8.72. The van der Waals surface area contributed by atoms with Gasteiger partial charge in [0.25, 0.3) is 0 Å². The number of benzene rings is 8. The SMILES string of the molecule is c1cc(-c2ccc3c4ccccc4c4ccccc4c3c2)cc(-c2ccc3c4ccccc4c4nccnc4c3c2)c1. The zero-order chi connectivity index (χ0) is 27.6. The first-order valence-corrected chi connectivity index (χ1v) is 14.3. The Balaban J connectivity index is 1.23. The maximum absolute atomic E-state index is 4.77. The van der Waals surface area contributed by atoms with Crippen LogP contribution in [0.4, 0.5) is 0 Å². The summed E-state index contributed by atoms with van der Waals surface area (Å²) in [5.41, 5.74) is 6.66. The molecule has 2 heteroatoms. The van der Waals surface area contributed by atoms with Crippen LogP contribution in [0.15, 0.2) is 146 Å². The Morgan fingerprint density at radius 1 is 0.262 bits per heavy atom. The third kappa shape index (κ3) is 3.39. The van der Waals surface area contributed by atoms with Gasteiger partial charge in [-0.3, -0.25) is 9.97 Å². The lowest BCUT2D eigenvalue weighted by atomic mass is 9.91. The average Bonchev–Trinajstić information content (AvgIpc) is 3.08. The predicted octanol–water partition coefficient (Wildman–Crippen LogP) is 10.7. The highest BCUT2D eigenvalue weighted by Crippen LogP contribution is 2.39. The largest absolute Gasteiger partial charge is 0.252 e. The summed E-state index contributed by atoms with van der Waals surface area (Å²) in [6.45, 7) is 0. The van der Waals surface area contributed by atoms with E-state index in [0.717, 1.165) is 21.8 Å². The lowest BCUT2D eigenvalue weighted by molar-refractivity contribution is 1.31. The quantitative estimate of drug-likeness (QED) is 0.207. The Morgan fingerprint density at radius 2 is 0.643 bits per heavy atom. The van der Waals surface area contributed by atoms with E-state index >= 15 is 0 Å². The Bertz CT molecular complexity index is 2280. The summed E-state index contributed by atoms with van der Waals surface area (Å²) in [5, 5.41) is 12.4. The summed E-state index contributed by atoms with van der Waals surface area (Å²) in [6.07, 6.45) is 3.57. The van der Waals surface area contributed by atoms with Crippen molar-refractivity contribution in [3.05, 3.63) is 146 Å². The summed E-state index contributed by atoms with van der Waals surface area (Å²) in [4.78, 5) is 9.49. The first kappa shape index (κ1) is 23.1. The maximum Gasteiger partial charge on any atom is 0.0971 e. The molecule has 0 aliphatic carbocycles. The molecule has 42 heavy (non-hydrogen) atoms. The molecule has 194 valence electrons. The average molecular weight is 533 g/mol. The predicted molar refractivity (Wildman–Crippen MR) is 178 cm³/mol. The minimum atomic E-state index is 0.942. The lowest BCUT2D eigenvalue weighted by Gasteiger charge is -2.13. The minimum Gasteiger partial charge on any atom is -0.252 e. The summed E-state index contributed by atoms with van der Waals surface area (Å²) < 4.78 is 0. The molecule has 0 amide bonds. The van der Waals surface area contributed by atoms with E-state index < -0.39 is 0 Å². The van der Waals surface area contributed by atoms with Crippen molar-refractivity contribution in [1.82, 2.24) is 9.97 Å². The highest BCUT2D eigenvalue weighted by atomic mass is 14.8. The molecule has 9 aromatic rings. The van der Waals surface area contributed by atoms with Crippen LogP contribution in [0.3, 0.4) is 0 Å². The van der Waals surface area contributed by atoms with Gasteiger partial charge in [-0.1, -0.05) is 115 Å². The van der Waals surface area contributed by atoms with Gasteiger partial charge in [0.05, 0.1) is 11.0 Å². The van der Waals surface area contributed by atoms with Gasteiger partial charge in [-0.05, 0) is 83.5 Å². The van der Waals surface area contributed by atoms with Crippen LogP contribution < -0.4 is 0 Å². The Morgan fingerprint density at radius 3 is 1.21 bits per heavy atom. The molecule has 0 saturated carbocycles. The summed E-state index contributed by atoms with van der Waals surface area (Å²) in [6, 6.07) is 48.5. The number of nitrogens with zero attached hydrogens (tertiary/aromatic N) is 2. The van der Waals surface area contributed by atoms with Gasteiger partial charge >= 0.3 is 0 Å². The highest BCUT2D eigenvalue weighted by molar-refractivity contribution is 6.26. The van der Waals surface area contributed by atoms with Crippen molar-refractivity contribution in [2.45, 2.75) is 0 Å². The first-order valence-electron chi connectivity index (χ1n) is 14.3. The molecule has 1 heterocycles. The fourth-order valence-electron chi connectivity index (χ4n) is 6.78. The number of hydrogen-bond donors (Lipinski definition) is 0. The molecule has 0 N–H and O–H groups in total. The van der Waals surface area contributed by atoms with Crippen LogP contribution in [-0.2, 0) is 0 Å². The van der Waals surface area contributed by atoms with E-state index in [9.17, 15) is 0 Å². The molecule has 1 aromatic heterocycles. The molecule has 0 unspecified atom stereocenters. The van der Waals surface area contributed by atoms with Gasteiger partial charge in [0, 0.05) is 23.2 Å². The first-order chi connectivity index (χ1) is 20.8. The van der Waals surface area contributed by atoms with E-state index in [1.54, 1.807) is 12.4 Å². The Hall–Kier alpha value is -5.60. The van der Waals surface area contributed by atoms with Crippen molar-refractivity contribution in [2.24, 2.45) is 0 Å². The van der Waals surface area contributed by atoms with Gasteiger partial charge in [-0.2, -0.15) is 0 Å². The van der Waals surface area contributed by atoms with E-state index in [4.69, 9.17) is 9.97 Å². The van der Waals surface area contributed by atoms with Crippen molar-refractivity contribution in [2.75, 3.05) is 0 Å². The van der Waals surface area contributed by atoms with E-state index in [0.29, 0.717) is 0 Å². The van der Waals surface area contributed by atoms with Gasteiger partial charge in [0.1, 0.15) is 0 Å². The third-order valence-electron chi connectivity index (χ3n) is 8.72. The molecule has 0 atom stereocenters. The van der Waals surface area contributed by atoms with E-state index in [2.05, 4.69) is 133 Å². The van der Waals surface area contributed by atoms with Crippen molar-refractivity contribution >= 4 is 64.9 Å². The van der Waals surface area contributed by atoms with Gasteiger partial charge in [0.15, 0.2) is 0 Å². The van der Waals surface area contributed by atoms with E-state index in [1.165, 1.54) is 65.3 Å². The number of rotatable bonds is 2. The number of fused-ring (bicyclic) bond motifs is 12. The Kier molecular flexibility index (Phi) is 4.93. The second-order valence-corrected chi connectivity index (χ2v) is 11.0. The fraction of sp³-hybridized carbons (Fsp3) is 0. The van der Waals surface area contributed by atoms with Crippen LogP contribution in [0.2, 0.25) is 0 Å². The van der Waals surface area contributed by atoms with Crippen LogP contribution >= 0.6 is 0 Å². The van der Waals surface area contributed by atoms with Crippen LogP contribution in [0, 0.1) is 0 Å². The molecule has 0 fully saturated rings. The standard InChI is InChI=1S/C40H24N2/c1-2-12-31-29(10-1)30-11-3-4-14-33(30)37-23-27(16-18-34(31)37)25-8-7-9-26(22-25)28-17-19-35-32-13-5-6-15-36(32)39-40(38(35)24-28)42-21-20-41-39/h1-24H. The van der Waals surface area contributed by atoms with Crippen molar-refractivity contribution in [1.29, 1.82) is 0 Å². The lowest BCUT2D eigenvalue weighted by Crippen LogP contribution is -1.89. The normalized spacial score (nSPS) is 11.8. The van der Waals surface area contributed by atoms with Gasteiger partial charge in [-0.25, -0.2) is 0 Å². The van der Waals surface area contributed by atoms with E-state index in [1.807, 2.05) is 0 Å². The van der Waals surface area contributed by atoms with Gasteiger partial charge in [-0.15, -0.1) is 0 Å². The van der Waals surface area contributed by atoms with Crippen LogP contribution in [-0.4, -0.2) is 9.97 Å². The highest BCUT2D eigenvalue weighted by Gasteiger charge is 2.13. The van der Waals surface area contributed by atoms with Crippen molar-refractivity contribution in [3.63, 3.8) is 0 Å². The molecule has 9 rings (SSSR count). The number of aromatic nitrogens is 2. The van der Waals surface area contributed by atoms with Gasteiger partial charge < -0.3 is 0 Å². The minimum absolute atomic E-state index is 0.942. The Labute approximate surface area is 242 Å². The zero-order valence-corrected chi connectivity index (χ0v) is 22.8. The fourth-order valence-corrected chi connectivity index (χ4v) is 6.78. The smallest absolute Gasteiger partial charge is 0.0971 e. The second-order valence-electron chi connectivity index (χ2n) is 11.0. The zero-order valence-electron chi connectivity index (χ0n) is 22.8. The van der Waals surface area contributed by atoms with Crippen LogP contribution in [0.1, 0.15) is 0 Å². The summed E-state index contributed by atoms with van der Waals surface area (Å²) in [7, 11) is 0. The topological polar surface area (TPSA) is 25.8 Å². The second kappa shape index (κ2) is 8.95. The monoisotopic (exact) mass is 532 g/mol. The van der Waals surface area contributed by atoms with Crippen LogP contribution in [0.5, 0.6) is 0 Å². The van der Waals surface area contributed by atoms with Crippen LogP contribution in [0.25, 0.3) is 87.1 Å². The summed E-state index contributed by atoms with van der Waals surface area (Å²) >= 11 is 0. The summed E-state index contributed by atoms with van der Waals surface area (Å²) in [5.74, 6) is 0. The van der Waals surface area contributed by atoms with Crippen molar-refractivity contribution in [3.8, 4) is 22.3 Å². The molecule has 0 bridgehead atoms. The number of hydrogen-bond acceptors (Lipinski definition) is 2.